The third kappa shape index (κ3) is 4.59. The normalized spacial score (nSPS) is 22.5. The van der Waals surface area contributed by atoms with E-state index in [2.05, 4.69) is 0 Å². The molecular weight excluding hydrogens is 399 g/mol. The molecule has 7 heteroatoms. The molecule has 2 bridgehead atoms. The number of ether oxygens (including phenoxy) is 2. The average molecular weight is 422 g/mol. The molecule has 0 radical (unpaired) electrons. The summed E-state index contributed by atoms with van der Waals surface area (Å²) in [5.74, 6) is -0.870. The van der Waals surface area contributed by atoms with Gasteiger partial charge in [-0.15, -0.1) is 0 Å². The van der Waals surface area contributed by atoms with Gasteiger partial charge in [0, 0.05) is 17.0 Å². The van der Waals surface area contributed by atoms with Crippen LogP contribution in [0.2, 0.25) is 0 Å². The van der Waals surface area contributed by atoms with Crippen LogP contribution in [-0.4, -0.2) is 42.1 Å². The SMILES string of the molecule is N#CCc1cc(C(=O)C2CC3COCC(C2)N3C(=O)OCc2ccccc2)ccc1F. The largest absolute Gasteiger partial charge is 0.445 e. The monoisotopic (exact) mass is 422 g/mol. The molecule has 2 heterocycles. The first-order chi connectivity index (χ1) is 15.1. The van der Waals surface area contributed by atoms with E-state index in [0.717, 1.165) is 5.56 Å². The third-order valence-electron chi connectivity index (χ3n) is 5.91. The van der Waals surface area contributed by atoms with Crippen molar-refractivity contribution in [2.24, 2.45) is 5.92 Å². The number of Topliss-reactive ketones (excluding diaryl/α,β-unsaturated/α-hetero) is 1. The van der Waals surface area contributed by atoms with Crippen molar-refractivity contribution < 1.29 is 23.5 Å². The molecule has 2 fully saturated rings. The molecule has 6 nitrogen and oxygen atoms in total. The molecule has 2 atom stereocenters. The van der Waals surface area contributed by atoms with E-state index in [9.17, 15) is 14.0 Å². The average Bonchev–Trinajstić information content (AvgIpc) is 2.78. The maximum Gasteiger partial charge on any atom is 0.410 e. The molecule has 2 aromatic carbocycles. The quantitative estimate of drug-likeness (QED) is 0.683. The summed E-state index contributed by atoms with van der Waals surface area (Å²) in [5, 5.41) is 8.86. The number of fused-ring (bicyclic) bond motifs is 2. The van der Waals surface area contributed by atoms with Crippen molar-refractivity contribution in [3.63, 3.8) is 0 Å². The van der Waals surface area contributed by atoms with Crippen molar-refractivity contribution in [3.8, 4) is 6.07 Å². The van der Waals surface area contributed by atoms with Crippen molar-refractivity contribution in [2.75, 3.05) is 13.2 Å². The molecule has 4 rings (SSSR count). The van der Waals surface area contributed by atoms with Crippen LogP contribution in [-0.2, 0) is 22.5 Å². The summed E-state index contributed by atoms with van der Waals surface area (Å²) in [7, 11) is 0. The van der Waals surface area contributed by atoms with Gasteiger partial charge in [-0.05, 0) is 36.6 Å². The van der Waals surface area contributed by atoms with Crippen LogP contribution >= 0.6 is 0 Å². The Bertz CT molecular complexity index is 990. The third-order valence-corrected chi connectivity index (χ3v) is 5.91. The second-order valence-electron chi connectivity index (χ2n) is 7.97. The van der Waals surface area contributed by atoms with Crippen molar-refractivity contribution >= 4 is 11.9 Å². The lowest BCUT2D eigenvalue weighted by atomic mass is 9.80. The van der Waals surface area contributed by atoms with Gasteiger partial charge in [-0.25, -0.2) is 9.18 Å². The van der Waals surface area contributed by atoms with Crippen LogP contribution in [0, 0.1) is 23.1 Å². The number of piperidine rings is 1. The van der Waals surface area contributed by atoms with Crippen molar-refractivity contribution in [3.05, 3.63) is 71.0 Å². The summed E-state index contributed by atoms with van der Waals surface area (Å²) in [4.78, 5) is 27.6. The molecule has 2 aliphatic rings. The second-order valence-corrected chi connectivity index (χ2v) is 7.97. The van der Waals surface area contributed by atoms with Crippen LogP contribution in [0.15, 0.2) is 48.5 Å². The summed E-state index contributed by atoms with van der Waals surface area (Å²) in [6.07, 6.45) is 0.435. The highest BCUT2D eigenvalue weighted by molar-refractivity contribution is 5.98. The van der Waals surface area contributed by atoms with E-state index in [1.165, 1.54) is 18.2 Å². The highest BCUT2D eigenvalue weighted by Crippen LogP contribution is 2.34. The number of morpholine rings is 1. The van der Waals surface area contributed by atoms with E-state index in [1.807, 2.05) is 36.4 Å². The van der Waals surface area contributed by atoms with Crippen LogP contribution in [0.1, 0.15) is 34.3 Å². The number of nitrogens with zero attached hydrogens (tertiary/aromatic N) is 2. The molecule has 2 aromatic rings. The van der Waals surface area contributed by atoms with E-state index in [4.69, 9.17) is 14.7 Å². The summed E-state index contributed by atoms with van der Waals surface area (Å²) >= 11 is 0. The zero-order chi connectivity index (χ0) is 21.8. The van der Waals surface area contributed by atoms with Crippen molar-refractivity contribution in [2.45, 2.75) is 38.0 Å². The van der Waals surface area contributed by atoms with Gasteiger partial charge in [-0.1, -0.05) is 30.3 Å². The lowest BCUT2D eigenvalue weighted by Gasteiger charge is -2.47. The van der Waals surface area contributed by atoms with Crippen molar-refractivity contribution in [1.82, 2.24) is 4.90 Å². The maximum absolute atomic E-state index is 13.8. The first-order valence-corrected chi connectivity index (χ1v) is 10.3. The number of hydrogen-bond acceptors (Lipinski definition) is 5. The number of nitriles is 1. The van der Waals surface area contributed by atoms with Gasteiger partial charge in [0.25, 0.3) is 0 Å². The zero-order valence-electron chi connectivity index (χ0n) is 17.0. The van der Waals surface area contributed by atoms with Gasteiger partial charge in [-0.2, -0.15) is 5.26 Å². The predicted molar refractivity (Wildman–Crippen MR) is 110 cm³/mol. The van der Waals surface area contributed by atoms with Crippen LogP contribution < -0.4 is 0 Å². The summed E-state index contributed by atoms with van der Waals surface area (Å²) in [6, 6.07) is 15.1. The molecule has 2 saturated heterocycles. The standard InChI is InChI=1S/C24H23FN2O4/c25-22-7-6-18(10-17(22)8-9-26)23(28)19-11-20-14-30-15-21(12-19)27(20)24(29)31-13-16-4-2-1-3-5-16/h1-7,10,19-21H,8,11-15H2. The van der Waals surface area contributed by atoms with Crippen LogP contribution in [0.5, 0.6) is 0 Å². The molecule has 0 aliphatic carbocycles. The molecule has 160 valence electrons. The maximum atomic E-state index is 13.8. The number of halogens is 1. The van der Waals surface area contributed by atoms with Crippen LogP contribution in [0.4, 0.5) is 9.18 Å². The van der Waals surface area contributed by atoms with Gasteiger partial charge in [0.15, 0.2) is 5.78 Å². The fourth-order valence-electron chi connectivity index (χ4n) is 4.41. The Kier molecular flexibility index (Phi) is 6.28. The molecule has 2 unspecified atom stereocenters. The molecular formula is C24H23FN2O4. The van der Waals surface area contributed by atoms with E-state index < -0.39 is 11.9 Å². The van der Waals surface area contributed by atoms with E-state index in [0.29, 0.717) is 31.6 Å². The lowest BCUT2D eigenvalue weighted by molar-refractivity contribution is -0.0755. The van der Waals surface area contributed by atoms with Crippen LogP contribution in [0.3, 0.4) is 0 Å². The number of hydrogen-bond donors (Lipinski definition) is 0. The van der Waals surface area contributed by atoms with Gasteiger partial charge < -0.3 is 9.47 Å². The minimum atomic E-state index is -0.487. The van der Waals surface area contributed by atoms with Gasteiger partial charge >= 0.3 is 6.09 Å². The first-order valence-electron chi connectivity index (χ1n) is 10.3. The Morgan fingerprint density at radius 1 is 1.13 bits per heavy atom. The molecule has 2 aliphatic heterocycles. The van der Waals surface area contributed by atoms with Crippen LogP contribution in [0.25, 0.3) is 0 Å². The molecule has 0 saturated carbocycles. The van der Waals surface area contributed by atoms with Gasteiger partial charge in [0.1, 0.15) is 12.4 Å². The Labute approximate surface area is 180 Å². The highest BCUT2D eigenvalue weighted by atomic mass is 19.1. The predicted octanol–water partition coefficient (Wildman–Crippen LogP) is 3.89. The Balaban J connectivity index is 1.44. The van der Waals surface area contributed by atoms with E-state index >= 15 is 0 Å². The van der Waals surface area contributed by atoms with Gasteiger partial charge in [0.05, 0.1) is 37.8 Å². The number of rotatable bonds is 5. The minimum absolute atomic E-state index is 0.0856. The highest BCUT2D eigenvalue weighted by Gasteiger charge is 2.44. The van der Waals surface area contributed by atoms with Crippen molar-refractivity contribution in [1.29, 1.82) is 5.26 Å². The van der Waals surface area contributed by atoms with Gasteiger partial charge in [-0.3, -0.25) is 9.69 Å². The number of amides is 1. The number of ketones is 1. The summed E-state index contributed by atoms with van der Waals surface area (Å²) < 4.78 is 25.0. The summed E-state index contributed by atoms with van der Waals surface area (Å²) in [6.45, 7) is 0.893. The Morgan fingerprint density at radius 2 is 1.84 bits per heavy atom. The number of carbonyl (C=O) groups is 2. The molecule has 1 amide bonds. The number of carbonyl (C=O) groups excluding carboxylic acids is 2. The first kappa shape index (κ1) is 21.0. The Morgan fingerprint density at radius 3 is 2.52 bits per heavy atom. The lowest BCUT2D eigenvalue weighted by Crippen LogP contribution is -2.59. The molecule has 0 aromatic heterocycles. The number of benzene rings is 2. The molecule has 0 spiro atoms. The van der Waals surface area contributed by atoms with E-state index in [-0.39, 0.29) is 42.4 Å². The second kappa shape index (κ2) is 9.27. The molecule has 0 N–H and O–H groups in total. The fraction of sp³-hybridized carbons (Fsp3) is 0.375. The van der Waals surface area contributed by atoms with E-state index in [1.54, 1.807) is 4.90 Å². The smallest absolute Gasteiger partial charge is 0.410 e. The Hall–Kier alpha value is -3.24. The topological polar surface area (TPSA) is 79.6 Å². The summed E-state index contributed by atoms with van der Waals surface area (Å²) in [5.41, 5.74) is 1.53. The zero-order valence-corrected chi connectivity index (χ0v) is 17.0. The minimum Gasteiger partial charge on any atom is -0.445 e. The fourth-order valence-corrected chi connectivity index (χ4v) is 4.41. The van der Waals surface area contributed by atoms with Gasteiger partial charge in [0.2, 0.25) is 0 Å². The molecule has 31 heavy (non-hydrogen) atoms.